The third-order valence-electron chi connectivity index (χ3n) is 9.09. The van der Waals surface area contributed by atoms with Gasteiger partial charge in [-0.3, -0.25) is 0 Å². The first kappa shape index (κ1) is 29.9. The number of nitrogens with zero attached hydrogens (tertiary/aromatic N) is 4. The predicted octanol–water partition coefficient (Wildman–Crippen LogP) is 8.70. The summed E-state index contributed by atoms with van der Waals surface area (Å²) in [6.07, 6.45) is 4.34. The van der Waals surface area contributed by atoms with Gasteiger partial charge in [-0.15, -0.1) is 16.4 Å². The SMILES string of the molecule is Cc1cc2nc3sc2c(c1C(OC(C)(C)C)C(=O)O)-c1ccc2c(c1)C(CCCCC(C)Cn1nnc4ccc-3cc41)CCO2. The molecule has 7 rings (SSSR count). The van der Waals surface area contributed by atoms with Gasteiger partial charge in [0.25, 0.3) is 0 Å². The largest absolute Gasteiger partial charge is 0.493 e. The van der Waals surface area contributed by atoms with E-state index in [0.717, 1.165) is 92.9 Å². The van der Waals surface area contributed by atoms with Gasteiger partial charge in [0.1, 0.15) is 16.3 Å². The fourth-order valence-electron chi connectivity index (χ4n) is 6.97. The average Bonchev–Trinajstić information content (AvgIpc) is 3.60. The van der Waals surface area contributed by atoms with Crippen LogP contribution >= 0.6 is 11.3 Å². The highest BCUT2D eigenvalue weighted by Gasteiger charge is 2.33. The summed E-state index contributed by atoms with van der Waals surface area (Å²) in [6, 6.07) is 14.6. The van der Waals surface area contributed by atoms with Crippen molar-refractivity contribution >= 4 is 38.6 Å². The quantitative estimate of drug-likeness (QED) is 0.214. The van der Waals surface area contributed by atoms with Crippen molar-refractivity contribution in [2.45, 2.75) is 90.9 Å². The van der Waals surface area contributed by atoms with Gasteiger partial charge < -0.3 is 14.6 Å². The lowest BCUT2D eigenvalue weighted by molar-refractivity contribution is -0.160. The summed E-state index contributed by atoms with van der Waals surface area (Å²) in [7, 11) is 0. The monoisotopic (exact) mass is 624 g/mol. The third-order valence-corrected chi connectivity index (χ3v) is 10.2. The van der Waals surface area contributed by atoms with Crippen molar-refractivity contribution in [3.05, 3.63) is 59.2 Å². The molecule has 4 heterocycles. The van der Waals surface area contributed by atoms with Crippen molar-refractivity contribution in [1.29, 1.82) is 0 Å². The Balaban J connectivity index is 1.50. The number of aliphatic carboxylic acids is 1. The first-order valence-corrected chi connectivity index (χ1v) is 16.8. The van der Waals surface area contributed by atoms with Gasteiger partial charge in [0.2, 0.25) is 0 Å². The Hall–Kier alpha value is -3.82. The van der Waals surface area contributed by atoms with Crippen molar-refractivity contribution in [3.8, 4) is 27.4 Å². The fourth-order valence-corrected chi connectivity index (χ4v) is 8.09. The van der Waals surface area contributed by atoms with Crippen LogP contribution in [0.2, 0.25) is 0 Å². The van der Waals surface area contributed by atoms with Crippen LogP contribution in [0.25, 0.3) is 42.9 Å². The van der Waals surface area contributed by atoms with Gasteiger partial charge in [0.05, 0.1) is 27.9 Å². The van der Waals surface area contributed by atoms with Crippen LogP contribution in [0.3, 0.4) is 0 Å². The first-order chi connectivity index (χ1) is 21.6. The Kier molecular flexibility index (Phi) is 7.64. The molecule has 0 radical (unpaired) electrons. The van der Waals surface area contributed by atoms with Gasteiger partial charge in [-0.25, -0.2) is 14.5 Å². The van der Waals surface area contributed by atoms with Gasteiger partial charge >= 0.3 is 5.97 Å². The number of carboxylic acid groups (broad SMARTS) is 1. The molecular weight excluding hydrogens is 584 g/mol. The summed E-state index contributed by atoms with van der Waals surface area (Å²) in [5.41, 5.74) is 7.62. The van der Waals surface area contributed by atoms with E-state index < -0.39 is 17.7 Å². The van der Waals surface area contributed by atoms with Gasteiger partial charge in [0, 0.05) is 23.2 Å². The molecular formula is C36H40N4O4S. The second-order valence-electron chi connectivity index (χ2n) is 13.7. The summed E-state index contributed by atoms with van der Waals surface area (Å²) >= 11 is 1.59. The number of ether oxygens (including phenoxy) is 2. The van der Waals surface area contributed by atoms with Crippen LogP contribution in [0, 0.1) is 12.8 Å². The standard InChI is InChI=1S/C36H40N4O4S/c1-20-8-6-7-9-22-14-15-43-29-13-11-23(17-25(22)29)31-30(32(35(41)42)44-36(3,4)5)21(2)16-27-33(31)45-34(37-27)24-10-12-26-28(18-24)40(19-20)39-38-26/h10-13,16-18,20,22,32H,6-9,14-15,19H2,1-5H3,(H,41,42). The van der Waals surface area contributed by atoms with Crippen LogP contribution in [0.15, 0.2) is 42.5 Å². The zero-order valence-electron chi connectivity index (χ0n) is 26.6. The number of hydrogen-bond donors (Lipinski definition) is 1. The van der Waals surface area contributed by atoms with Gasteiger partial charge in [0.15, 0.2) is 6.10 Å². The second-order valence-corrected chi connectivity index (χ2v) is 14.7. The third kappa shape index (κ3) is 5.72. The number of thiazole rings is 1. The first-order valence-electron chi connectivity index (χ1n) is 16.0. The van der Waals surface area contributed by atoms with E-state index in [0.29, 0.717) is 24.0 Å². The molecule has 0 aliphatic carbocycles. The topological polar surface area (TPSA) is 99.4 Å². The Bertz CT molecular complexity index is 1920. The van der Waals surface area contributed by atoms with Crippen LogP contribution in [0.5, 0.6) is 5.75 Å². The van der Waals surface area contributed by atoms with E-state index in [2.05, 4.69) is 47.6 Å². The number of rotatable bonds is 3. The molecule has 0 fully saturated rings. The van der Waals surface area contributed by atoms with E-state index in [1.807, 2.05) is 44.5 Å². The number of fused-ring (bicyclic) bond motifs is 5. The summed E-state index contributed by atoms with van der Waals surface area (Å²) in [4.78, 5) is 18.0. The zero-order valence-corrected chi connectivity index (χ0v) is 27.4. The van der Waals surface area contributed by atoms with E-state index in [4.69, 9.17) is 14.5 Å². The van der Waals surface area contributed by atoms with Crippen molar-refractivity contribution in [3.63, 3.8) is 0 Å². The Labute approximate surface area is 267 Å². The molecule has 6 bridgehead atoms. The van der Waals surface area contributed by atoms with Gasteiger partial charge in [-0.05, 0) is 112 Å². The van der Waals surface area contributed by atoms with Crippen LogP contribution in [-0.2, 0) is 16.1 Å². The van der Waals surface area contributed by atoms with Crippen LogP contribution in [-0.4, -0.2) is 43.3 Å². The Morgan fingerprint density at radius 3 is 2.67 bits per heavy atom. The summed E-state index contributed by atoms with van der Waals surface area (Å²) < 4.78 is 15.4. The molecule has 234 valence electrons. The summed E-state index contributed by atoms with van der Waals surface area (Å²) in [6.45, 7) is 11.5. The highest BCUT2D eigenvalue weighted by atomic mass is 32.1. The van der Waals surface area contributed by atoms with Crippen molar-refractivity contribution in [2.75, 3.05) is 6.61 Å². The van der Waals surface area contributed by atoms with Crippen LogP contribution in [0.1, 0.15) is 88.5 Å². The number of aromatic nitrogens is 4. The van der Waals surface area contributed by atoms with E-state index >= 15 is 0 Å². The predicted molar refractivity (Wildman–Crippen MR) is 178 cm³/mol. The normalized spacial score (nSPS) is 19.4. The molecule has 2 aromatic heterocycles. The lowest BCUT2D eigenvalue weighted by Gasteiger charge is -2.29. The summed E-state index contributed by atoms with van der Waals surface area (Å²) in [5.74, 6) is 0.794. The molecule has 5 aromatic rings. The molecule has 2 aliphatic heterocycles. The Morgan fingerprint density at radius 2 is 1.87 bits per heavy atom. The molecule has 0 spiro atoms. The number of benzene rings is 3. The Morgan fingerprint density at radius 1 is 1.07 bits per heavy atom. The maximum absolute atomic E-state index is 12.9. The maximum atomic E-state index is 12.9. The molecule has 2 aliphatic rings. The molecule has 8 nitrogen and oxygen atoms in total. The molecule has 9 heteroatoms. The highest BCUT2D eigenvalue weighted by molar-refractivity contribution is 7.22. The van der Waals surface area contributed by atoms with E-state index in [1.54, 1.807) is 11.3 Å². The molecule has 3 aromatic carbocycles. The number of hydrogen-bond acceptors (Lipinski definition) is 7. The molecule has 3 atom stereocenters. The average molecular weight is 625 g/mol. The number of carboxylic acids is 1. The molecule has 0 saturated heterocycles. The maximum Gasteiger partial charge on any atom is 0.337 e. The number of carbonyl (C=O) groups is 1. The van der Waals surface area contributed by atoms with Gasteiger partial charge in [-0.2, -0.15) is 0 Å². The van der Waals surface area contributed by atoms with E-state index in [1.165, 1.54) is 5.56 Å². The molecule has 45 heavy (non-hydrogen) atoms. The molecule has 1 N–H and O–H groups in total. The van der Waals surface area contributed by atoms with E-state index in [-0.39, 0.29) is 0 Å². The minimum atomic E-state index is -1.14. The van der Waals surface area contributed by atoms with Crippen molar-refractivity contribution in [1.82, 2.24) is 20.0 Å². The summed E-state index contributed by atoms with van der Waals surface area (Å²) in [5, 5.41) is 20.4. The highest BCUT2D eigenvalue weighted by Crippen LogP contribution is 2.47. The molecule has 0 saturated carbocycles. The molecule has 0 amide bonds. The van der Waals surface area contributed by atoms with Crippen molar-refractivity contribution < 1.29 is 19.4 Å². The second kappa shape index (κ2) is 11.5. The van der Waals surface area contributed by atoms with Gasteiger partial charge in [-0.1, -0.05) is 31.0 Å². The van der Waals surface area contributed by atoms with Crippen LogP contribution < -0.4 is 4.74 Å². The lowest BCUT2D eigenvalue weighted by Crippen LogP contribution is -2.28. The minimum absolute atomic E-state index is 0.388. The van der Waals surface area contributed by atoms with Crippen LogP contribution in [0.4, 0.5) is 0 Å². The van der Waals surface area contributed by atoms with Crippen molar-refractivity contribution in [2.24, 2.45) is 5.92 Å². The number of aryl methyl sites for hydroxylation is 1. The molecule has 3 unspecified atom stereocenters. The van der Waals surface area contributed by atoms with E-state index in [9.17, 15) is 9.90 Å². The lowest BCUT2D eigenvalue weighted by atomic mass is 9.84. The minimum Gasteiger partial charge on any atom is -0.493 e. The zero-order chi connectivity index (χ0) is 31.5. The fraction of sp³-hybridized carbons (Fsp3) is 0.444. The smallest absolute Gasteiger partial charge is 0.337 e.